The van der Waals surface area contributed by atoms with E-state index in [0.717, 1.165) is 10.9 Å². The molecule has 1 aliphatic rings. The van der Waals surface area contributed by atoms with Crippen LogP contribution in [-0.2, 0) is 45.9 Å². The zero-order valence-corrected chi connectivity index (χ0v) is 28.8. The summed E-state index contributed by atoms with van der Waals surface area (Å²) < 4.78 is 87.3. The summed E-state index contributed by atoms with van der Waals surface area (Å²) in [6.07, 6.45) is -6.78. The number of hydrogen-bond acceptors (Lipinski definition) is 17. The van der Waals surface area contributed by atoms with Gasteiger partial charge in [0.05, 0.1) is 6.61 Å². The van der Waals surface area contributed by atoms with Gasteiger partial charge in [0.25, 0.3) is 10.1 Å². The number of hydrogen-bond donors (Lipinski definition) is 6. The molecule has 0 saturated carbocycles. The lowest BCUT2D eigenvalue weighted by Crippen LogP contribution is -2.37. The predicted octanol–water partition coefficient (Wildman–Crippen LogP) is 1.95. The molecule has 24 nitrogen and oxygen atoms in total. The predicted molar refractivity (Wildman–Crippen MR) is 169 cm³/mol. The topological polar surface area (TPSA) is 354 Å². The Hall–Kier alpha value is -3.60. The monoisotopic (exact) mass is 781 g/mol. The normalized spacial score (nSPS) is 22.2. The van der Waals surface area contributed by atoms with Crippen molar-refractivity contribution in [3.05, 3.63) is 53.2 Å². The Morgan fingerprint density at radius 3 is 2.40 bits per heavy atom. The van der Waals surface area contributed by atoms with Crippen LogP contribution in [0.25, 0.3) is 32.4 Å². The van der Waals surface area contributed by atoms with Crippen LogP contribution in [0.3, 0.4) is 0 Å². The molecular weight excluding hydrogens is 755 g/mol. The number of aromatic nitrogens is 4. The average Bonchev–Trinajstić information content (AvgIpc) is 3.50. The second-order valence-electron chi connectivity index (χ2n) is 10.4. The highest BCUT2D eigenvalue weighted by Crippen LogP contribution is 2.66. The van der Waals surface area contributed by atoms with Crippen LogP contribution in [0.5, 0.6) is 0 Å². The number of ether oxygens (including phenoxy) is 1. The van der Waals surface area contributed by atoms with Crippen LogP contribution in [0.4, 0.5) is 17.5 Å². The second kappa shape index (κ2) is 13.8. The van der Waals surface area contributed by atoms with Crippen molar-refractivity contribution in [1.82, 2.24) is 19.5 Å². The molecule has 2 aromatic heterocycles. The van der Waals surface area contributed by atoms with Crippen molar-refractivity contribution in [1.29, 1.82) is 0 Å². The van der Waals surface area contributed by atoms with Crippen LogP contribution >= 0.6 is 23.5 Å². The van der Waals surface area contributed by atoms with Crippen LogP contribution in [0.2, 0.25) is 0 Å². The molecule has 1 fully saturated rings. The molecule has 1 saturated heterocycles. The first-order valence-electron chi connectivity index (χ1n) is 13.5. The number of nitrogens with zero attached hydrogens (tertiary/aromatic N) is 8. The number of aliphatic hydroxyl groups excluding tert-OH is 1. The molecule has 6 atom stereocenters. The summed E-state index contributed by atoms with van der Waals surface area (Å²) in [6.45, 7) is -1.22. The highest BCUT2D eigenvalue weighted by molar-refractivity contribution is 7.87. The Bertz CT molecular complexity index is 2260. The third kappa shape index (κ3) is 7.98. The number of nitrogens with two attached hydrogens (primary N) is 1. The van der Waals surface area contributed by atoms with E-state index in [2.05, 4.69) is 38.1 Å². The average molecular weight is 781 g/mol. The first-order chi connectivity index (χ1) is 23.2. The fourth-order valence-electron chi connectivity index (χ4n) is 4.97. The number of phosphoric ester groups is 1. The van der Waals surface area contributed by atoms with Crippen LogP contribution in [0, 0.1) is 0 Å². The summed E-state index contributed by atoms with van der Waals surface area (Å²) in [4.78, 5) is 52.9. The molecule has 1 aliphatic heterocycles. The SMILES string of the molecule is CN(C)c1cccc2c(S(=O)(=O)O[C@H]3C(n4c(N=[N+]=[N-])nc5c(N)ncnc54)O[C@H](COP(=O)(O)OP(=O)(O)OP(=O)(O)O)[C@H]3O)cccc12. The molecule has 0 bridgehead atoms. The van der Waals surface area contributed by atoms with Crippen molar-refractivity contribution in [2.24, 2.45) is 5.11 Å². The van der Waals surface area contributed by atoms with Crippen LogP contribution in [0.15, 0.2) is 52.7 Å². The van der Waals surface area contributed by atoms with Gasteiger partial charge in [-0.3, -0.25) is 13.3 Å². The summed E-state index contributed by atoms with van der Waals surface area (Å²) in [5, 5.41) is 15.6. The van der Waals surface area contributed by atoms with Crippen molar-refractivity contribution < 1.29 is 68.9 Å². The maximum atomic E-state index is 13.9. The number of rotatable bonds is 13. The number of benzene rings is 2. The number of azide groups is 1. The molecule has 7 N–H and O–H groups in total. The van der Waals surface area contributed by atoms with Crippen LogP contribution in [-0.4, -0.2) is 91.6 Å². The molecule has 2 aromatic carbocycles. The molecule has 0 aliphatic carbocycles. The minimum atomic E-state index is -5.91. The van der Waals surface area contributed by atoms with Gasteiger partial charge in [0, 0.05) is 35.5 Å². The quantitative estimate of drug-likeness (QED) is 0.0371. The van der Waals surface area contributed by atoms with E-state index in [-0.39, 0.29) is 27.3 Å². The van der Waals surface area contributed by atoms with Gasteiger partial charge < -0.3 is 40.1 Å². The third-order valence-electron chi connectivity index (χ3n) is 6.85. The van der Waals surface area contributed by atoms with E-state index in [4.69, 9.17) is 24.4 Å². The summed E-state index contributed by atoms with van der Waals surface area (Å²) in [6, 6.07) is 9.26. The lowest BCUT2D eigenvalue weighted by Gasteiger charge is -2.23. The Kier molecular flexibility index (Phi) is 10.4. The molecule has 50 heavy (non-hydrogen) atoms. The molecule has 3 heterocycles. The smallest absolute Gasteiger partial charge is 0.387 e. The van der Waals surface area contributed by atoms with Gasteiger partial charge in [-0.15, -0.1) is 0 Å². The third-order valence-corrected chi connectivity index (χ3v) is 12.0. The summed E-state index contributed by atoms with van der Waals surface area (Å²) >= 11 is 0. The first kappa shape index (κ1) is 37.7. The van der Waals surface area contributed by atoms with E-state index in [1.54, 1.807) is 37.2 Å². The van der Waals surface area contributed by atoms with Crippen molar-refractivity contribution in [3.8, 4) is 0 Å². The Morgan fingerprint density at radius 2 is 1.74 bits per heavy atom. The summed E-state index contributed by atoms with van der Waals surface area (Å²) in [7, 11) is -18.7. The number of fused-ring (bicyclic) bond motifs is 2. The Balaban J connectivity index is 1.55. The summed E-state index contributed by atoms with van der Waals surface area (Å²) in [5.74, 6) is -0.726. The molecule has 5 rings (SSSR count). The van der Waals surface area contributed by atoms with Gasteiger partial charge in [0.1, 0.15) is 23.4 Å². The van der Waals surface area contributed by atoms with Gasteiger partial charge >= 0.3 is 23.5 Å². The highest BCUT2D eigenvalue weighted by Gasteiger charge is 2.51. The minimum Gasteiger partial charge on any atom is -0.387 e. The fourth-order valence-corrected chi connectivity index (χ4v) is 9.30. The van der Waals surface area contributed by atoms with Crippen molar-refractivity contribution in [2.75, 3.05) is 31.3 Å². The number of phosphoric acid groups is 3. The van der Waals surface area contributed by atoms with Gasteiger partial charge in [-0.2, -0.15) is 17.0 Å². The van der Waals surface area contributed by atoms with Crippen LogP contribution < -0.4 is 10.6 Å². The van der Waals surface area contributed by atoms with Gasteiger partial charge in [0.2, 0.25) is 5.95 Å². The minimum absolute atomic E-state index is 0.142. The molecule has 3 unspecified atom stereocenters. The van der Waals surface area contributed by atoms with Crippen molar-refractivity contribution >= 4 is 73.0 Å². The second-order valence-corrected chi connectivity index (χ2v) is 16.3. The van der Waals surface area contributed by atoms with E-state index >= 15 is 0 Å². The van der Waals surface area contributed by atoms with E-state index in [9.17, 15) is 42.5 Å². The zero-order valence-electron chi connectivity index (χ0n) is 25.3. The van der Waals surface area contributed by atoms with Gasteiger partial charge in [-0.05, 0) is 22.8 Å². The number of nitrogen functional groups attached to an aromatic ring is 1. The molecule has 28 heteroatoms. The Labute approximate surface area is 280 Å². The number of aliphatic hydroxyl groups is 1. The van der Waals surface area contributed by atoms with E-state index in [1.165, 1.54) is 18.2 Å². The lowest BCUT2D eigenvalue weighted by molar-refractivity contribution is -0.0467. The molecular formula is C22H26N9O15P3S. The zero-order chi connectivity index (χ0) is 36.8. The van der Waals surface area contributed by atoms with E-state index in [0.29, 0.717) is 11.1 Å². The molecule has 0 amide bonds. The lowest BCUT2D eigenvalue weighted by atomic mass is 10.1. The number of imidazole rings is 1. The maximum absolute atomic E-state index is 13.9. The molecule has 0 radical (unpaired) electrons. The largest absolute Gasteiger partial charge is 0.490 e. The van der Waals surface area contributed by atoms with Crippen molar-refractivity contribution in [2.45, 2.75) is 29.4 Å². The van der Waals surface area contributed by atoms with Gasteiger partial charge in [0.15, 0.2) is 29.3 Å². The maximum Gasteiger partial charge on any atom is 0.490 e. The molecule has 270 valence electrons. The standard InChI is InChI=1S/C22H26N9O15P3S/c1-30(2)13-7-3-6-12-11(13)5-4-8-15(12)50(40,41)44-18-17(32)14(9-42-48(36,37)46-49(38,39)45-47(33,34)35)43-21(18)31-20-16(19(23)25-10-26-20)27-22(31)28-29-24/h3-8,10,14,17-18,21,32H,9H2,1-2H3,(H,36,37)(H,38,39)(H2,23,25,26)(H2,33,34,35)/t14-,17-,18-,21?/m1/s1. The van der Waals surface area contributed by atoms with Gasteiger partial charge in [-0.25, -0.2) is 28.6 Å². The highest BCUT2D eigenvalue weighted by atomic mass is 32.2. The van der Waals surface area contributed by atoms with Crippen molar-refractivity contribution in [3.63, 3.8) is 0 Å². The molecule has 0 spiro atoms. The van der Waals surface area contributed by atoms with Crippen LogP contribution in [0.1, 0.15) is 6.23 Å². The fraction of sp³-hybridized carbons (Fsp3) is 0.318. The molecule has 4 aromatic rings. The van der Waals surface area contributed by atoms with E-state index < -0.39 is 70.7 Å². The van der Waals surface area contributed by atoms with Gasteiger partial charge in [-0.1, -0.05) is 24.3 Å². The van der Waals surface area contributed by atoms with E-state index in [1.807, 2.05) is 0 Å². The first-order valence-corrected chi connectivity index (χ1v) is 19.4. The Morgan fingerprint density at radius 1 is 1.06 bits per heavy atom. The number of anilines is 2. The summed E-state index contributed by atoms with van der Waals surface area (Å²) in [5.41, 5.74) is 15.4.